The van der Waals surface area contributed by atoms with Crippen LogP contribution in [0, 0.1) is 5.41 Å². The third-order valence-electron chi connectivity index (χ3n) is 4.11. The summed E-state index contributed by atoms with van der Waals surface area (Å²) in [5.74, 6) is -1.09. The highest BCUT2D eigenvalue weighted by Gasteiger charge is 2.41. The average Bonchev–Trinajstić information content (AvgIpc) is 3.25. The van der Waals surface area contributed by atoms with E-state index in [1.807, 2.05) is 18.2 Å². The molecule has 0 aliphatic heterocycles. The molecule has 6 heteroatoms. The van der Waals surface area contributed by atoms with Crippen LogP contribution in [-0.4, -0.2) is 39.5 Å². The third kappa shape index (κ3) is 2.67. The van der Waals surface area contributed by atoms with Gasteiger partial charge in [0.25, 0.3) is 0 Å². The van der Waals surface area contributed by atoms with Crippen molar-refractivity contribution in [1.82, 2.24) is 10.2 Å². The molecular formula is C15H17N3O3. The molecule has 21 heavy (non-hydrogen) atoms. The maximum Gasteiger partial charge on any atom is 0.358 e. The molecule has 1 aromatic heterocycles. The van der Waals surface area contributed by atoms with Crippen LogP contribution >= 0.6 is 0 Å². The van der Waals surface area contributed by atoms with E-state index in [-0.39, 0.29) is 17.7 Å². The highest BCUT2D eigenvalue weighted by atomic mass is 16.4. The van der Waals surface area contributed by atoms with Gasteiger partial charge in [-0.15, -0.1) is 10.2 Å². The quantitative estimate of drug-likeness (QED) is 0.751. The van der Waals surface area contributed by atoms with Gasteiger partial charge in [-0.1, -0.05) is 18.2 Å². The Labute approximate surface area is 121 Å². The number of fused-ring (bicyclic) bond motifs is 1. The average molecular weight is 287 g/mol. The van der Waals surface area contributed by atoms with Gasteiger partial charge < -0.3 is 15.5 Å². The second-order valence-corrected chi connectivity index (χ2v) is 5.57. The van der Waals surface area contributed by atoms with Gasteiger partial charge in [0.1, 0.15) is 0 Å². The number of aliphatic hydroxyl groups excluding tert-OH is 1. The first kappa shape index (κ1) is 13.8. The summed E-state index contributed by atoms with van der Waals surface area (Å²) in [4.78, 5) is 11.3. The number of aromatic carboxylic acids is 1. The molecule has 1 heterocycles. The fraction of sp³-hybridized carbons (Fsp3) is 0.400. The molecule has 0 amide bonds. The number of nitrogens with zero attached hydrogens (tertiary/aromatic N) is 2. The lowest BCUT2D eigenvalue weighted by Gasteiger charge is -2.17. The minimum Gasteiger partial charge on any atom is -0.476 e. The van der Waals surface area contributed by atoms with Crippen LogP contribution in [0.3, 0.4) is 0 Å². The third-order valence-corrected chi connectivity index (χ3v) is 4.11. The second kappa shape index (κ2) is 5.29. The van der Waals surface area contributed by atoms with Crippen molar-refractivity contribution in [2.75, 3.05) is 18.5 Å². The lowest BCUT2D eigenvalue weighted by molar-refractivity contribution is 0.0690. The summed E-state index contributed by atoms with van der Waals surface area (Å²) in [7, 11) is 0. The zero-order valence-corrected chi connectivity index (χ0v) is 11.5. The fourth-order valence-corrected chi connectivity index (χ4v) is 2.59. The number of rotatable bonds is 6. The predicted molar refractivity (Wildman–Crippen MR) is 78.4 cm³/mol. The van der Waals surface area contributed by atoms with Crippen molar-refractivity contribution in [3.8, 4) is 0 Å². The Kier molecular flexibility index (Phi) is 3.47. The summed E-state index contributed by atoms with van der Waals surface area (Å²) in [6, 6.07) is 7.33. The van der Waals surface area contributed by atoms with Gasteiger partial charge in [0.15, 0.2) is 5.69 Å². The fourth-order valence-electron chi connectivity index (χ4n) is 2.59. The van der Waals surface area contributed by atoms with Crippen molar-refractivity contribution in [1.29, 1.82) is 0 Å². The molecule has 2 aromatic rings. The zero-order chi connectivity index (χ0) is 14.9. The summed E-state index contributed by atoms with van der Waals surface area (Å²) >= 11 is 0. The first-order chi connectivity index (χ1) is 10.2. The van der Waals surface area contributed by atoms with Gasteiger partial charge in [-0.2, -0.15) is 0 Å². The number of aromatic nitrogens is 2. The maximum atomic E-state index is 11.3. The normalized spacial score (nSPS) is 15.9. The van der Waals surface area contributed by atoms with E-state index in [0.717, 1.165) is 24.6 Å². The van der Waals surface area contributed by atoms with Crippen molar-refractivity contribution in [3.63, 3.8) is 0 Å². The van der Waals surface area contributed by atoms with Gasteiger partial charge in [0, 0.05) is 18.5 Å². The van der Waals surface area contributed by atoms with Crippen molar-refractivity contribution in [3.05, 3.63) is 30.0 Å². The Morgan fingerprint density at radius 2 is 2.05 bits per heavy atom. The van der Waals surface area contributed by atoms with Crippen LogP contribution < -0.4 is 5.32 Å². The van der Waals surface area contributed by atoms with E-state index in [1.165, 1.54) is 0 Å². The number of carboxylic acids is 1. The molecule has 0 saturated heterocycles. The van der Waals surface area contributed by atoms with Crippen LogP contribution in [0.1, 0.15) is 29.8 Å². The largest absolute Gasteiger partial charge is 0.476 e. The lowest BCUT2D eigenvalue weighted by atomic mass is 10.0. The zero-order valence-electron chi connectivity index (χ0n) is 11.5. The van der Waals surface area contributed by atoms with E-state index in [2.05, 4.69) is 15.5 Å². The van der Waals surface area contributed by atoms with Crippen LogP contribution in [0.15, 0.2) is 24.3 Å². The Morgan fingerprint density at radius 1 is 1.29 bits per heavy atom. The number of carbonyl (C=O) groups is 1. The van der Waals surface area contributed by atoms with Crippen LogP contribution in [0.5, 0.6) is 0 Å². The number of carboxylic acid groups (broad SMARTS) is 1. The second-order valence-electron chi connectivity index (χ2n) is 5.57. The first-order valence-electron chi connectivity index (χ1n) is 6.99. The summed E-state index contributed by atoms with van der Waals surface area (Å²) in [6.45, 7) is 0.798. The maximum absolute atomic E-state index is 11.3. The SMILES string of the molecule is O=C(O)c1nnc2ccccc2c1NCC1(CCO)CC1. The monoisotopic (exact) mass is 287 g/mol. The van der Waals surface area contributed by atoms with Crippen molar-refractivity contribution in [2.45, 2.75) is 19.3 Å². The minimum absolute atomic E-state index is 0.0616. The summed E-state index contributed by atoms with van der Waals surface area (Å²) in [6.07, 6.45) is 2.84. The lowest BCUT2D eigenvalue weighted by Crippen LogP contribution is -2.19. The van der Waals surface area contributed by atoms with Crippen molar-refractivity contribution in [2.24, 2.45) is 5.41 Å². The number of hydrogen-bond donors (Lipinski definition) is 3. The van der Waals surface area contributed by atoms with E-state index >= 15 is 0 Å². The highest BCUT2D eigenvalue weighted by molar-refractivity contribution is 6.02. The first-order valence-corrected chi connectivity index (χ1v) is 6.99. The molecule has 3 rings (SSSR count). The van der Waals surface area contributed by atoms with Crippen LogP contribution in [0.4, 0.5) is 5.69 Å². The molecule has 6 nitrogen and oxygen atoms in total. The molecule has 0 radical (unpaired) electrons. The topological polar surface area (TPSA) is 95.3 Å². The Morgan fingerprint density at radius 3 is 2.71 bits per heavy atom. The molecule has 1 aliphatic rings. The molecule has 0 atom stereocenters. The number of hydrogen-bond acceptors (Lipinski definition) is 5. The van der Waals surface area contributed by atoms with E-state index in [9.17, 15) is 9.90 Å². The minimum atomic E-state index is -1.09. The van der Waals surface area contributed by atoms with E-state index in [0.29, 0.717) is 17.7 Å². The molecule has 1 aliphatic carbocycles. The standard InChI is InChI=1S/C15H17N3O3/c19-8-7-15(5-6-15)9-16-12-10-3-1-2-4-11(10)17-18-13(12)14(20)21/h1-4,19H,5-9H2,(H,16,17)(H,20,21). The molecule has 0 bridgehead atoms. The van der Waals surface area contributed by atoms with Gasteiger partial charge in [-0.05, 0) is 30.7 Å². The molecule has 3 N–H and O–H groups in total. The number of aliphatic hydroxyl groups is 1. The Bertz CT molecular complexity index is 683. The van der Waals surface area contributed by atoms with Crippen LogP contribution in [-0.2, 0) is 0 Å². The Balaban J connectivity index is 1.95. The highest BCUT2D eigenvalue weighted by Crippen LogP contribution is 2.48. The molecular weight excluding hydrogens is 270 g/mol. The molecule has 1 saturated carbocycles. The van der Waals surface area contributed by atoms with Gasteiger partial charge in [-0.3, -0.25) is 0 Å². The molecule has 0 spiro atoms. The van der Waals surface area contributed by atoms with Crippen molar-refractivity contribution >= 4 is 22.6 Å². The molecule has 110 valence electrons. The molecule has 0 unspecified atom stereocenters. The number of benzene rings is 1. The van der Waals surface area contributed by atoms with Crippen molar-refractivity contribution < 1.29 is 15.0 Å². The smallest absolute Gasteiger partial charge is 0.358 e. The summed E-state index contributed by atoms with van der Waals surface area (Å²) in [5, 5.41) is 30.1. The van der Waals surface area contributed by atoms with Crippen LogP contribution in [0.25, 0.3) is 10.9 Å². The molecule has 1 fully saturated rings. The van der Waals surface area contributed by atoms with Gasteiger partial charge in [0.05, 0.1) is 11.2 Å². The van der Waals surface area contributed by atoms with Gasteiger partial charge in [-0.25, -0.2) is 4.79 Å². The van der Waals surface area contributed by atoms with Gasteiger partial charge in [0.2, 0.25) is 0 Å². The summed E-state index contributed by atoms with van der Waals surface area (Å²) in [5.41, 5.74) is 1.21. The Hall–Kier alpha value is -2.21. The van der Waals surface area contributed by atoms with Crippen LogP contribution in [0.2, 0.25) is 0 Å². The predicted octanol–water partition coefficient (Wildman–Crippen LogP) is 1.90. The number of anilines is 1. The summed E-state index contributed by atoms with van der Waals surface area (Å²) < 4.78 is 0. The molecule has 1 aromatic carbocycles. The van der Waals surface area contributed by atoms with Gasteiger partial charge >= 0.3 is 5.97 Å². The van der Waals surface area contributed by atoms with E-state index in [4.69, 9.17) is 5.11 Å². The van der Waals surface area contributed by atoms with E-state index < -0.39 is 5.97 Å². The number of nitrogens with one attached hydrogen (secondary N) is 1. The van der Waals surface area contributed by atoms with E-state index in [1.54, 1.807) is 6.07 Å².